The van der Waals surface area contributed by atoms with Crippen LogP contribution in [0.4, 0.5) is 5.69 Å². The van der Waals surface area contributed by atoms with Gasteiger partial charge in [-0.15, -0.1) is 0 Å². The molecule has 3 heteroatoms. The molecule has 0 unspecified atom stereocenters. The molecule has 0 atom stereocenters. The van der Waals surface area contributed by atoms with Crippen LogP contribution in [0.1, 0.15) is 22.8 Å². The van der Waals surface area contributed by atoms with Gasteiger partial charge in [0.2, 0.25) is 0 Å². The minimum Gasteiger partial charge on any atom is -0.321 e. The summed E-state index contributed by atoms with van der Waals surface area (Å²) in [7, 11) is 0. The van der Waals surface area contributed by atoms with Crippen LogP contribution in [0.5, 0.6) is 0 Å². The van der Waals surface area contributed by atoms with Crippen LogP contribution in [0.15, 0.2) is 55.1 Å². The Labute approximate surface area is 117 Å². The molecule has 2 aromatic rings. The fraction of sp³-hybridized carbons (Fsp3) is 0.0625. The lowest BCUT2D eigenvalue weighted by Gasteiger charge is -2.11. The lowest BCUT2D eigenvalue weighted by atomic mass is 10.1. The number of allylic oxidation sites excluding steroid dienone is 1. The Morgan fingerprint density at radius 1 is 1.05 bits per heavy atom. The Hall–Kier alpha value is -2.06. The molecule has 0 aliphatic rings. The van der Waals surface area contributed by atoms with E-state index in [1.807, 2.05) is 31.2 Å². The van der Waals surface area contributed by atoms with E-state index >= 15 is 0 Å². The molecule has 2 aromatic carbocycles. The molecule has 0 radical (unpaired) electrons. The molecule has 19 heavy (non-hydrogen) atoms. The van der Waals surface area contributed by atoms with Gasteiger partial charge < -0.3 is 5.32 Å². The van der Waals surface area contributed by atoms with E-state index in [9.17, 15) is 4.79 Å². The lowest BCUT2D eigenvalue weighted by molar-refractivity contribution is 0.102. The minimum absolute atomic E-state index is 0.223. The number of nitrogens with one attached hydrogen (secondary N) is 1. The highest BCUT2D eigenvalue weighted by Gasteiger charge is 2.11. The number of rotatable bonds is 3. The van der Waals surface area contributed by atoms with Crippen molar-refractivity contribution in [3.8, 4) is 0 Å². The highest BCUT2D eigenvalue weighted by molar-refractivity contribution is 6.34. The third kappa shape index (κ3) is 3.04. The standard InChI is InChI=1S/C16H14ClNO/c1-11(2)12-7-4-6-10-15(12)18-16(19)13-8-3-5-9-14(13)17/h3-10H,1H2,2H3,(H,18,19). The van der Waals surface area contributed by atoms with E-state index in [2.05, 4.69) is 11.9 Å². The third-order valence-corrected chi connectivity index (χ3v) is 3.08. The maximum atomic E-state index is 12.2. The largest absolute Gasteiger partial charge is 0.321 e. The first-order valence-electron chi connectivity index (χ1n) is 5.90. The number of carbonyl (C=O) groups is 1. The molecule has 1 N–H and O–H groups in total. The highest BCUT2D eigenvalue weighted by atomic mass is 35.5. The molecule has 0 spiro atoms. The zero-order valence-electron chi connectivity index (χ0n) is 10.6. The van der Waals surface area contributed by atoms with Crippen LogP contribution in [0.25, 0.3) is 5.57 Å². The van der Waals surface area contributed by atoms with Crippen molar-refractivity contribution >= 4 is 28.8 Å². The molecule has 96 valence electrons. The van der Waals surface area contributed by atoms with Crippen molar-refractivity contribution in [2.45, 2.75) is 6.92 Å². The van der Waals surface area contributed by atoms with Crippen LogP contribution in [-0.2, 0) is 0 Å². The summed E-state index contributed by atoms with van der Waals surface area (Å²) in [5.41, 5.74) is 3.01. The second kappa shape index (κ2) is 5.72. The van der Waals surface area contributed by atoms with Crippen LogP contribution >= 0.6 is 11.6 Å². The summed E-state index contributed by atoms with van der Waals surface area (Å²) in [5.74, 6) is -0.223. The fourth-order valence-corrected chi connectivity index (χ4v) is 2.02. The molecule has 2 nitrogen and oxygen atoms in total. The summed E-state index contributed by atoms with van der Waals surface area (Å²) in [6.07, 6.45) is 0. The van der Waals surface area contributed by atoms with Crippen LogP contribution in [0, 0.1) is 0 Å². The Bertz CT molecular complexity index is 634. The molecule has 0 saturated heterocycles. The minimum atomic E-state index is -0.223. The van der Waals surface area contributed by atoms with E-state index in [1.54, 1.807) is 24.3 Å². The zero-order chi connectivity index (χ0) is 13.8. The molecule has 0 aliphatic heterocycles. The molecular formula is C16H14ClNO. The number of hydrogen-bond acceptors (Lipinski definition) is 1. The summed E-state index contributed by atoms with van der Waals surface area (Å²) in [6, 6.07) is 14.5. The SMILES string of the molecule is C=C(C)c1ccccc1NC(=O)c1ccccc1Cl. The zero-order valence-corrected chi connectivity index (χ0v) is 11.4. The van der Waals surface area contributed by atoms with Crippen molar-refractivity contribution in [1.29, 1.82) is 0 Å². The molecule has 0 aromatic heterocycles. The van der Waals surface area contributed by atoms with Gasteiger partial charge in [0, 0.05) is 11.3 Å². The highest BCUT2D eigenvalue weighted by Crippen LogP contribution is 2.23. The summed E-state index contributed by atoms with van der Waals surface area (Å²) < 4.78 is 0. The van der Waals surface area contributed by atoms with Crippen molar-refractivity contribution in [3.63, 3.8) is 0 Å². The Kier molecular flexibility index (Phi) is 4.03. The Balaban J connectivity index is 2.30. The predicted molar refractivity (Wildman–Crippen MR) is 80.6 cm³/mol. The number of benzene rings is 2. The number of carbonyl (C=O) groups excluding carboxylic acids is 1. The van der Waals surface area contributed by atoms with Crippen molar-refractivity contribution in [2.24, 2.45) is 0 Å². The van der Waals surface area contributed by atoms with Gasteiger partial charge in [-0.05, 0) is 30.7 Å². The molecule has 0 fully saturated rings. The van der Waals surface area contributed by atoms with Gasteiger partial charge in [-0.3, -0.25) is 4.79 Å². The maximum Gasteiger partial charge on any atom is 0.257 e. The van der Waals surface area contributed by atoms with Crippen molar-refractivity contribution < 1.29 is 4.79 Å². The first-order chi connectivity index (χ1) is 9.09. The summed E-state index contributed by atoms with van der Waals surface area (Å²) in [6.45, 7) is 5.81. The molecule has 0 aliphatic carbocycles. The van der Waals surface area contributed by atoms with Crippen molar-refractivity contribution in [3.05, 3.63) is 71.3 Å². The molecular weight excluding hydrogens is 258 g/mol. The number of hydrogen-bond donors (Lipinski definition) is 1. The molecule has 0 heterocycles. The van der Waals surface area contributed by atoms with E-state index in [0.29, 0.717) is 10.6 Å². The first kappa shape index (κ1) is 13.4. The fourth-order valence-electron chi connectivity index (χ4n) is 1.80. The quantitative estimate of drug-likeness (QED) is 0.867. The van der Waals surface area contributed by atoms with Crippen LogP contribution in [0.3, 0.4) is 0 Å². The monoisotopic (exact) mass is 271 g/mol. The van der Waals surface area contributed by atoms with Crippen molar-refractivity contribution in [2.75, 3.05) is 5.32 Å². The van der Waals surface area contributed by atoms with Gasteiger partial charge in [0.15, 0.2) is 0 Å². The van der Waals surface area contributed by atoms with E-state index in [-0.39, 0.29) is 5.91 Å². The van der Waals surface area contributed by atoms with E-state index in [1.165, 1.54) is 0 Å². The Morgan fingerprint density at radius 2 is 1.63 bits per heavy atom. The first-order valence-corrected chi connectivity index (χ1v) is 6.28. The second-order valence-electron chi connectivity index (χ2n) is 4.26. The van der Waals surface area contributed by atoms with Gasteiger partial charge in [0.1, 0.15) is 0 Å². The summed E-state index contributed by atoms with van der Waals surface area (Å²) in [4.78, 5) is 12.2. The average molecular weight is 272 g/mol. The number of anilines is 1. The van der Waals surface area contributed by atoms with Gasteiger partial charge in [0.25, 0.3) is 5.91 Å². The molecule has 2 rings (SSSR count). The molecule has 1 amide bonds. The smallest absolute Gasteiger partial charge is 0.257 e. The van der Waals surface area contributed by atoms with Gasteiger partial charge in [0.05, 0.1) is 10.6 Å². The van der Waals surface area contributed by atoms with E-state index in [4.69, 9.17) is 11.6 Å². The van der Waals surface area contributed by atoms with Crippen LogP contribution in [-0.4, -0.2) is 5.91 Å². The molecule has 0 saturated carbocycles. The van der Waals surface area contributed by atoms with Crippen molar-refractivity contribution in [1.82, 2.24) is 0 Å². The van der Waals surface area contributed by atoms with Gasteiger partial charge in [-0.25, -0.2) is 0 Å². The normalized spacial score (nSPS) is 10.0. The average Bonchev–Trinajstić information content (AvgIpc) is 2.39. The Morgan fingerprint density at radius 3 is 2.26 bits per heavy atom. The van der Waals surface area contributed by atoms with E-state index < -0.39 is 0 Å². The maximum absolute atomic E-state index is 12.2. The number of para-hydroxylation sites is 1. The van der Waals surface area contributed by atoms with Crippen LogP contribution in [0.2, 0.25) is 5.02 Å². The number of halogens is 1. The van der Waals surface area contributed by atoms with Crippen LogP contribution < -0.4 is 5.32 Å². The van der Waals surface area contributed by atoms with Gasteiger partial charge in [-0.2, -0.15) is 0 Å². The summed E-state index contributed by atoms with van der Waals surface area (Å²) >= 11 is 6.01. The van der Waals surface area contributed by atoms with E-state index in [0.717, 1.165) is 16.8 Å². The summed E-state index contributed by atoms with van der Waals surface area (Å²) in [5, 5.41) is 3.30. The number of amides is 1. The lowest BCUT2D eigenvalue weighted by Crippen LogP contribution is -2.13. The third-order valence-electron chi connectivity index (χ3n) is 2.75. The second-order valence-corrected chi connectivity index (χ2v) is 4.67. The topological polar surface area (TPSA) is 29.1 Å². The van der Waals surface area contributed by atoms with Gasteiger partial charge in [-0.1, -0.05) is 48.5 Å². The van der Waals surface area contributed by atoms with Gasteiger partial charge >= 0.3 is 0 Å². The predicted octanol–water partition coefficient (Wildman–Crippen LogP) is 4.63. The molecule has 0 bridgehead atoms.